The Balaban J connectivity index is -0.000000449. The summed E-state index contributed by atoms with van der Waals surface area (Å²) >= 11 is 0. The number of carboxylic acids is 1. The summed E-state index contributed by atoms with van der Waals surface area (Å²) in [7, 11) is 0. The van der Waals surface area contributed by atoms with Crippen LogP contribution >= 0.6 is 0 Å². The van der Waals surface area contributed by atoms with Gasteiger partial charge in [-0.2, -0.15) is 6.92 Å². The predicted octanol–water partition coefficient (Wildman–Crippen LogP) is -1.51. The number of hydrogen-bond donors (Lipinski definition) is 1. The van der Waals surface area contributed by atoms with Crippen molar-refractivity contribution >= 4 is 17.5 Å². The van der Waals surface area contributed by atoms with Crippen molar-refractivity contribution in [3.8, 4) is 0 Å². The molecule has 0 rings (SSSR count). The number of aliphatic carboxylic acids is 1. The largest absolute Gasteiger partial charge is 1.00 e. The fourth-order valence-electron chi connectivity index (χ4n) is 0.782. The summed E-state index contributed by atoms with van der Waals surface area (Å²) in [6, 6.07) is 0. The van der Waals surface area contributed by atoms with E-state index in [1.165, 1.54) is 0 Å². The monoisotopic (exact) mass is 224 g/mol. The van der Waals surface area contributed by atoms with Gasteiger partial charge in [-0.05, 0) is 5.92 Å². The first kappa shape index (κ1) is 20.3. The first-order chi connectivity index (χ1) is 6.43. The molecule has 0 fully saturated rings. The second kappa shape index (κ2) is 11.9. The van der Waals surface area contributed by atoms with Crippen LogP contribution < -0.4 is 29.6 Å². The number of carboxylic acid groups (broad SMARTS) is 1. The molecule has 0 saturated heterocycles. The van der Waals surface area contributed by atoms with Gasteiger partial charge >= 0.3 is 35.5 Å². The molecule has 0 aromatic carbocycles. The Morgan fingerprint density at radius 3 is 1.87 bits per heavy atom. The Labute approximate surface area is 113 Å². The van der Waals surface area contributed by atoms with Crippen molar-refractivity contribution in [1.82, 2.24) is 0 Å². The van der Waals surface area contributed by atoms with E-state index in [1.807, 2.05) is 13.8 Å². The maximum Gasteiger partial charge on any atom is 1.00 e. The van der Waals surface area contributed by atoms with Gasteiger partial charge < -0.3 is 12.0 Å². The molecule has 0 saturated carbocycles. The van der Waals surface area contributed by atoms with Crippen molar-refractivity contribution in [2.75, 3.05) is 0 Å². The molecule has 0 heterocycles. The quantitative estimate of drug-likeness (QED) is 0.267. The normalized spacial score (nSPS) is 8.33. The van der Waals surface area contributed by atoms with E-state index in [9.17, 15) is 14.4 Å². The number of Topliss-reactive ketones (excluding diaryl/α,β-unsaturated/α-hetero) is 2. The van der Waals surface area contributed by atoms with E-state index < -0.39 is 18.2 Å². The van der Waals surface area contributed by atoms with Crippen LogP contribution in [0.25, 0.3) is 0 Å². The van der Waals surface area contributed by atoms with Gasteiger partial charge in [-0.15, -0.1) is 0 Å². The van der Waals surface area contributed by atoms with Crippen molar-refractivity contribution in [2.24, 2.45) is 5.92 Å². The van der Waals surface area contributed by atoms with Crippen LogP contribution in [0.3, 0.4) is 0 Å². The van der Waals surface area contributed by atoms with E-state index in [-0.39, 0.29) is 47.7 Å². The fraction of sp³-hybridized carbons (Fsp3) is 0.600. The minimum atomic E-state index is -1.54. The van der Waals surface area contributed by atoms with Gasteiger partial charge in [0.15, 0.2) is 0 Å². The zero-order valence-corrected chi connectivity index (χ0v) is 11.9. The predicted molar refractivity (Wildman–Crippen MR) is 52.8 cm³/mol. The van der Waals surface area contributed by atoms with Gasteiger partial charge in [-0.3, -0.25) is 9.59 Å². The second-order valence-electron chi connectivity index (χ2n) is 3.04. The van der Waals surface area contributed by atoms with Crippen molar-refractivity contribution in [2.45, 2.75) is 33.6 Å². The first-order valence-electron chi connectivity index (χ1n) is 4.42. The topological polar surface area (TPSA) is 71.4 Å². The Hall–Kier alpha value is -0.190. The van der Waals surface area contributed by atoms with E-state index in [0.717, 1.165) is 0 Å². The summed E-state index contributed by atoms with van der Waals surface area (Å²) in [5.41, 5.74) is 0. The Morgan fingerprint density at radius 2 is 1.60 bits per heavy atom. The fourth-order valence-corrected chi connectivity index (χ4v) is 0.782. The number of carbonyl (C=O) groups is 3. The van der Waals surface area contributed by atoms with Crippen molar-refractivity contribution in [3.05, 3.63) is 6.92 Å². The summed E-state index contributed by atoms with van der Waals surface area (Å²) in [5.74, 6) is -2.70. The van der Waals surface area contributed by atoms with Gasteiger partial charge in [0.05, 0.1) is 6.42 Å². The molecule has 0 aliphatic heterocycles. The minimum Gasteiger partial charge on any atom is -0.475 e. The van der Waals surface area contributed by atoms with E-state index in [2.05, 4.69) is 6.92 Å². The van der Waals surface area contributed by atoms with Crippen molar-refractivity contribution < 1.29 is 49.0 Å². The summed E-state index contributed by atoms with van der Waals surface area (Å²) in [5, 5.41) is 8.16. The first-order valence-corrected chi connectivity index (χ1v) is 4.42. The molecule has 0 aliphatic rings. The molecule has 0 aromatic rings. The molecule has 0 aromatic heterocycles. The summed E-state index contributed by atoms with van der Waals surface area (Å²) in [6.45, 7) is 8.67. The number of carbonyl (C=O) groups excluding carboxylic acids is 2. The van der Waals surface area contributed by atoms with E-state index in [4.69, 9.17) is 5.11 Å². The molecular formula is C10H17NaO4. The van der Waals surface area contributed by atoms with Gasteiger partial charge in [0.2, 0.25) is 5.78 Å². The third-order valence-corrected chi connectivity index (χ3v) is 1.23. The van der Waals surface area contributed by atoms with Crippen LogP contribution in [0, 0.1) is 12.8 Å². The summed E-state index contributed by atoms with van der Waals surface area (Å²) < 4.78 is 0. The van der Waals surface area contributed by atoms with Gasteiger partial charge in [0, 0.05) is 6.42 Å². The van der Waals surface area contributed by atoms with Gasteiger partial charge in [0.25, 0.3) is 0 Å². The van der Waals surface area contributed by atoms with E-state index >= 15 is 0 Å². The Bertz CT molecular complexity index is 211. The van der Waals surface area contributed by atoms with Gasteiger partial charge in [-0.1, -0.05) is 13.8 Å². The maximum absolute atomic E-state index is 10.9. The molecule has 0 unspecified atom stereocenters. The second-order valence-corrected chi connectivity index (χ2v) is 3.04. The molecule has 0 radical (unpaired) electrons. The van der Waals surface area contributed by atoms with Gasteiger partial charge in [0.1, 0.15) is 5.78 Å². The summed E-state index contributed by atoms with van der Waals surface area (Å²) in [6.07, 6.45) is -0.216. The minimum absolute atomic E-state index is 0. The van der Waals surface area contributed by atoms with Crippen LogP contribution in [-0.4, -0.2) is 22.6 Å². The molecule has 1 N–H and O–H groups in total. The van der Waals surface area contributed by atoms with Crippen LogP contribution in [-0.2, 0) is 14.4 Å². The van der Waals surface area contributed by atoms with Crippen molar-refractivity contribution in [3.63, 3.8) is 0 Å². The Kier molecular flexibility index (Phi) is 16.0. The van der Waals surface area contributed by atoms with E-state index in [1.54, 1.807) is 6.92 Å². The molecular weight excluding hydrogens is 207 g/mol. The third-order valence-electron chi connectivity index (χ3n) is 1.23. The number of rotatable bonds is 5. The third kappa shape index (κ3) is 13.8. The van der Waals surface area contributed by atoms with Crippen LogP contribution in [0.15, 0.2) is 0 Å². The molecule has 0 atom stereocenters. The molecule has 0 aliphatic carbocycles. The smallest absolute Gasteiger partial charge is 0.475 e. The molecule has 0 bridgehead atoms. The van der Waals surface area contributed by atoms with Crippen LogP contribution in [0.2, 0.25) is 0 Å². The van der Waals surface area contributed by atoms with Crippen LogP contribution in [0.1, 0.15) is 33.6 Å². The molecule has 0 amide bonds. The molecule has 15 heavy (non-hydrogen) atoms. The van der Waals surface area contributed by atoms with Crippen molar-refractivity contribution in [1.29, 1.82) is 0 Å². The van der Waals surface area contributed by atoms with Crippen LogP contribution in [0.5, 0.6) is 0 Å². The molecule has 5 heteroatoms. The molecule has 0 spiro atoms. The zero-order chi connectivity index (χ0) is 11.7. The zero-order valence-electron chi connectivity index (χ0n) is 9.87. The summed E-state index contributed by atoms with van der Waals surface area (Å²) in [4.78, 5) is 31.4. The average molecular weight is 224 g/mol. The van der Waals surface area contributed by atoms with E-state index in [0.29, 0.717) is 0 Å². The Morgan fingerprint density at radius 1 is 1.20 bits per heavy atom. The van der Waals surface area contributed by atoms with Crippen LogP contribution in [0.4, 0.5) is 0 Å². The molecule has 82 valence electrons. The SMILES string of the molecule is CC(C)CC(=O)CC(=O)C(=O)O.[CH2-]C.[Na+]. The number of ketones is 2. The number of hydrogen-bond acceptors (Lipinski definition) is 3. The maximum atomic E-state index is 10.9. The molecule has 4 nitrogen and oxygen atoms in total. The standard InChI is InChI=1S/C8H12O4.C2H5.Na/c1-5(2)3-6(9)4-7(10)8(11)12;1-2;/h5H,3-4H2,1-2H3,(H,11,12);1H2,2H3;/q;-1;+1. The average Bonchev–Trinajstić information content (AvgIpc) is 2.05. The van der Waals surface area contributed by atoms with Gasteiger partial charge in [-0.25, -0.2) is 4.79 Å².